The van der Waals surface area contributed by atoms with E-state index in [4.69, 9.17) is 29.9 Å². The minimum atomic E-state index is -1.40. The van der Waals surface area contributed by atoms with E-state index in [2.05, 4.69) is 493 Å². The molecule has 147 heavy (non-hydrogen) atoms. The maximum atomic E-state index is 5.33. The summed E-state index contributed by atoms with van der Waals surface area (Å²) in [5, 5.41) is 20.8. The van der Waals surface area contributed by atoms with Crippen LogP contribution in [0.2, 0.25) is 19.6 Å². The van der Waals surface area contributed by atoms with E-state index in [1.807, 2.05) is 0 Å². The van der Waals surface area contributed by atoms with Crippen molar-refractivity contribution >= 4 is 272 Å². The first-order valence-corrected chi connectivity index (χ1v) is 53.7. The molecule has 0 aliphatic carbocycles. The van der Waals surface area contributed by atoms with Crippen molar-refractivity contribution < 1.29 is 0 Å². The lowest BCUT2D eigenvalue weighted by molar-refractivity contribution is 1.15. The van der Waals surface area contributed by atoms with E-state index in [0.717, 1.165) is 173 Å². The molecule has 0 fully saturated rings. The van der Waals surface area contributed by atoms with E-state index in [1.165, 1.54) is 136 Å². The summed E-state index contributed by atoms with van der Waals surface area (Å²) in [6.45, 7) is 7.20. The predicted octanol–water partition coefficient (Wildman–Crippen LogP) is 31.1. The van der Waals surface area contributed by atoms with Crippen LogP contribution in [0.5, 0.6) is 0 Å². The number of benzene rings is 22. The van der Waals surface area contributed by atoms with Crippen LogP contribution < -0.4 is 5.19 Å². The number of hydrogen-bond donors (Lipinski definition) is 0. The van der Waals surface area contributed by atoms with Crippen LogP contribution in [0.1, 0.15) is 0 Å². The summed E-state index contributed by atoms with van der Waals surface area (Å²) in [6.07, 6.45) is 0. The highest BCUT2D eigenvalue weighted by Crippen LogP contribution is 2.48. The Bertz CT molecular complexity index is 11700. The number of aromatic nitrogens is 17. The van der Waals surface area contributed by atoms with Gasteiger partial charge in [-0.2, -0.15) is 0 Å². The Morgan fingerprint density at radius 2 is 0.435 bits per heavy atom. The highest BCUT2D eigenvalue weighted by atomic mass is 28.3. The molecule has 684 valence electrons. The molecule has 0 bridgehead atoms. The normalized spacial score (nSPS) is 12.7. The minimum Gasteiger partial charge on any atom is -0.309 e. The molecule has 0 unspecified atom stereocenters. The Labute approximate surface area is 833 Å². The third-order valence-corrected chi connectivity index (χ3v) is 33.7. The molecule has 0 radical (unpaired) electrons. The monoisotopic (exact) mass is 1890 g/mol. The second-order valence-corrected chi connectivity index (χ2v) is 45.9. The van der Waals surface area contributed by atoms with Gasteiger partial charge in [0, 0.05) is 32.9 Å². The average molecular weight is 1900 g/mol. The lowest BCUT2D eigenvalue weighted by Crippen LogP contribution is -2.37. The molecule has 36 aromatic rings. The topological polar surface area (TPSA) is 127 Å². The smallest absolute Gasteiger partial charge is 0.223 e. The zero-order valence-corrected chi connectivity index (χ0v) is 80.5. The van der Waals surface area contributed by atoms with Crippen molar-refractivity contribution in [1.82, 2.24) is 78.6 Å². The van der Waals surface area contributed by atoms with Crippen LogP contribution in [0.15, 0.2) is 425 Å². The summed E-state index contributed by atoms with van der Waals surface area (Å²) in [6, 6.07) is 154. The van der Waals surface area contributed by atoms with Crippen molar-refractivity contribution in [2.75, 3.05) is 0 Å². The van der Waals surface area contributed by atoms with Crippen molar-refractivity contribution in [3.05, 3.63) is 425 Å². The molecule has 0 saturated carbocycles. The van der Waals surface area contributed by atoms with E-state index in [0.29, 0.717) is 0 Å². The van der Waals surface area contributed by atoms with E-state index in [-0.39, 0.29) is 0 Å². The van der Waals surface area contributed by atoms with Crippen molar-refractivity contribution in [3.63, 3.8) is 0 Å². The van der Waals surface area contributed by atoms with Gasteiger partial charge in [0.05, 0.1) is 129 Å². The minimum absolute atomic E-state index is 0.871. The van der Waals surface area contributed by atoms with Crippen LogP contribution in [-0.4, -0.2) is 86.7 Å². The number of imidazole rings is 12. The maximum absolute atomic E-state index is 5.33. The lowest BCUT2D eigenvalue weighted by atomic mass is 9.98. The second-order valence-electron chi connectivity index (χ2n) is 40.8. The van der Waals surface area contributed by atoms with Crippen LogP contribution in [0.25, 0.3) is 304 Å². The fourth-order valence-corrected chi connectivity index (χ4v) is 26.2. The van der Waals surface area contributed by atoms with Gasteiger partial charge in [-0.05, 0) is 262 Å². The Balaban J connectivity index is 0.0000000950. The summed E-state index contributed by atoms with van der Waals surface area (Å²) in [4.78, 5) is 31.8. The Morgan fingerprint density at radius 3 is 0.776 bits per heavy atom. The van der Waals surface area contributed by atoms with Gasteiger partial charge in [-0.15, -0.1) is 0 Å². The first kappa shape index (κ1) is 79.1. The molecule has 0 aliphatic rings. The Kier molecular flexibility index (Phi) is 15.4. The van der Waals surface area contributed by atoms with Crippen molar-refractivity contribution in [2.24, 2.45) is 0 Å². The van der Waals surface area contributed by atoms with E-state index < -0.39 is 8.07 Å². The number of para-hydroxylation sites is 4. The molecule has 0 spiro atoms. The number of fused-ring (bicyclic) bond motifs is 42. The Hall–Kier alpha value is -19.6. The van der Waals surface area contributed by atoms with E-state index >= 15 is 0 Å². The first-order valence-electron chi connectivity index (χ1n) is 50.2. The molecule has 0 saturated heterocycles. The van der Waals surface area contributed by atoms with E-state index in [9.17, 15) is 0 Å². The van der Waals surface area contributed by atoms with Crippen LogP contribution in [0.4, 0.5) is 0 Å². The molecule has 0 N–H and O–H groups in total. The van der Waals surface area contributed by atoms with Gasteiger partial charge >= 0.3 is 0 Å². The molecule has 14 aromatic heterocycles. The quantitative estimate of drug-likeness (QED) is 0.153. The third-order valence-electron chi connectivity index (χ3n) is 31.7. The van der Waals surface area contributed by atoms with Gasteiger partial charge in [0.25, 0.3) is 0 Å². The van der Waals surface area contributed by atoms with Crippen molar-refractivity contribution in [3.8, 4) is 44.8 Å². The van der Waals surface area contributed by atoms with E-state index in [1.54, 1.807) is 0 Å². The lowest BCUT2D eigenvalue weighted by Gasteiger charge is -2.16. The fraction of sp³-hybridized carbons (Fsp3) is 0.0233. The Morgan fingerprint density at radius 1 is 0.170 bits per heavy atom. The molecule has 18 heteroatoms. The summed E-state index contributed by atoms with van der Waals surface area (Å²) >= 11 is 0. The standard InChI is InChI=1S/2C46H26N6.C37H27N5Si/c1-2-15-32(16-3-1)49-37-19-9-8-17-34(37)43-33(18-10-20-38(43)49)31-25-41-44-42(26-31)51-40-24-30-14-7-5-12-28(30)22-36(40)48-46(51)52(44)45-47-35-21-27-11-4-6-13-29(27)23-39(35)50(41)45;1-2-14-33(15-3-1)49-38-17-9-8-16-34(38)35-20-31(18-19-39(35)49)32-25-42-44-43(26-32)51-41-24-30-13-7-5-11-28(30)22-37(41)48-46(51)52(44)45-47-36-21-27-10-4-6-12-29(27)23-40(36)50(42)45;1-43(2,3)28-14-12-22(13-15-28)27-20-33-35-34(21-27)41-32-19-26-11-7-5-9-24(26)17-30(32)39-37(41)42(35)36-38-29-16-23-8-4-6-10-25(23)18-31(29)40(33)36/h2*1-26H;4-21H,1-3H3. The zero-order chi connectivity index (χ0) is 95.9. The highest BCUT2D eigenvalue weighted by molar-refractivity contribution is 6.88. The van der Waals surface area contributed by atoms with Gasteiger partial charge < -0.3 is 9.13 Å². The predicted molar refractivity (Wildman–Crippen MR) is 609 cm³/mol. The van der Waals surface area contributed by atoms with Gasteiger partial charge in [-0.3, -0.25) is 26.4 Å². The summed E-state index contributed by atoms with van der Waals surface area (Å²) in [5.41, 5.74) is 36.8. The molecule has 17 nitrogen and oxygen atoms in total. The SMILES string of the molecule is C[Si](C)(C)c1ccc(-c2cc3c4c(c2)n2c5cc6ccccc6cc5nc2n4c2nc4cc5ccccc5cc4n32)cc1.c1ccc(-n2c3ccccc3c3c(-c4cc5c6c(c4)n4c7cc8ccccc8cc7nc4n6c4nc6cc7ccccc7cc6n54)cccc32)cc1.c1ccc(-n2c3ccccc3c3cc(-c4cc5c6c(c4)n4c7cc8ccccc8cc7nc4n6c4nc6cc7ccccc7cc6n54)ccc32)cc1. The van der Waals surface area contributed by atoms with Gasteiger partial charge in [-0.25, -0.2) is 43.1 Å². The second kappa shape index (κ2) is 28.7. The highest BCUT2D eigenvalue weighted by Gasteiger charge is 2.32. The van der Waals surface area contributed by atoms with Crippen LogP contribution in [0.3, 0.4) is 0 Å². The molecule has 0 amide bonds. The zero-order valence-electron chi connectivity index (χ0n) is 79.5. The summed E-state index contributed by atoms with van der Waals surface area (Å²) in [5.74, 6) is 5.28. The molecule has 0 atom stereocenters. The van der Waals surface area contributed by atoms with Gasteiger partial charge in [0.2, 0.25) is 34.7 Å². The largest absolute Gasteiger partial charge is 0.309 e. The average Bonchev–Trinajstić information content (AvgIpc) is 1.51. The number of nitrogens with zero attached hydrogens (tertiary/aromatic N) is 17. The number of rotatable bonds is 6. The summed E-state index contributed by atoms with van der Waals surface area (Å²) < 4.78 is 25.6. The molecular formula is C129H79N17Si. The van der Waals surface area contributed by atoms with Gasteiger partial charge in [0.1, 0.15) is 16.6 Å². The van der Waals surface area contributed by atoms with Crippen LogP contribution >= 0.6 is 0 Å². The maximum Gasteiger partial charge on any atom is 0.223 e. The van der Waals surface area contributed by atoms with Crippen molar-refractivity contribution in [2.45, 2.75) is 19.6 Å². The van der Waals surface area contributed by atoms with Crippen LogP contribution in [-0.2, 0) is 0 Å². The molecule has 22 aromatic carbocycles. The number of hydrogen-bond acceptors (Lipinski definition) is 6. The van der Waals surface area contributed by atoms with Gasteiger partial charge in [0.15, 0.2) is 0 Å². The van der Waals surface area contributed by atoms with Crippen molar-refractivity contribution in [1.29, 1.82) is 0 Å². The first-order chi connectivity index (χ1) is 72.5. The third kappa shape index (κ3) is 10.9. The van der Waals surface area contributed by atoms with Crippen LogP contribution in [0, 0.1) is 0 Å². The molecule has 36 rings (SSSR count). The summed E-state index contributed by atoms with van der Waals surface area (Å²) in [7, 11) is -1.40. The molecule has 14 heterocycles. The fourth-order valence-electron chi connectivity index (χ4n) is 25.0. The van der Waals surface area contributed by atoms with Gasteiger partial charge in [-0.1, -0.05) is 286 Å². The molecular weight excluding hydrogens is 1820 g/mol. The molecule has 0 aliphatic heterocycles.